The molecule has 0 N–H and O–H groups in total. The highest BCUT2D eigenvalue weighted by molar-refractivity contribution is 6.68. The van der Waals surface area contributed by atoms with Crippen LogP contribution >= 0.6 is 34.8 Å². The average Bonchev–Trinajstić information content (AvgIpc) is 1.79. The van der Waals surface area contributed by atoms with E-state index < -0.39 is 20.2 Å². The molecule has 0 bridgehead atoms. The molecule has 0 aliphatic rings. The largest absolute Gasteiger partial charge is 0.264 e. The number of hydrogen-bond donors (Lipinski definition) is 0. The van der Waals surface area contributed by atoms with Gasteiger partial charge in [0, 0.05) is 10.3 Å². The van der Waals surface area contributed by atoms with E-state index in [0.717, 1.165) is 0 Å². The van der Waals surface area contributed by atoms with Crippen molar-refractivity contribution < 1.29 is 4.92 Å². The van der Waals surface area contributed by atoms with Gasteiger partial charge in [-0.1, -0.05) is 62.5 Å². The maximum atomic E-state index is 10.8. The van der Waals surface area contributed by atoms with E-state index in [0.29, 0.717) is 0 Å². The van der Waals surface area contributed by atoms with Crippen LogP contribution in [0, 0.1) is 21.4 Å². The minimum Gasteiger partial charge on any atom is -0.264 e. The number of alkyl halides is 3. The zero-order valence-electron chi connectivity index (χ0n) is 8.55. The van der Waals surface area contributed by atoms with Crippen molar-refractivity contribution >= 4 is 34.8 Å². The van der Waals surface area contributed by atoms with Crippen LogP contribution in [0.3, 0.4) is 0 Å². The van der Waals surface area contributed by atoms with Crippen molar-refractivity contribution in [3.63, 3.8) is 0 Å². The maximum Gasteiger partial charge on any atom is 0.264 e. The Morgan fingerprint density at radius 1 is 1.21 bits per heavy atom. The molecule has 0 radical (unpaired) electrons. The van der Waals surface area contributed by atoms with E-state index in [1.54, 1.807) is 13.8 Å². The van der Waals surface area contributed by atoms with Crippen molar-refractivity contribution in [3.8, 4) is 0 Å². The van der Waals surface area contributed by atoms with Gasteiger partial charge >= 0.3 is 0 Å². The van der Waals surface area contributed by atoms with E-state index in [1.165, 1.54) is 0 Å². The van der Waals surface area contributed by atoms with Crippen LogP contribution in [0.25, 0.3) is 0 Å². The van der Waals surface area contributed by atoms with Crippen molar-refractivity contribution in [2.45, 2.75) is 37.5 Å². The van der Waals surface area contributed by atoms with Gasteiger partial charge in [-0.3, -0.25) is 10.1 Å². The lowest BCUT2D eigenvalue weighted by Gasteiger charge is -2.34. The minimum atomic E-state index is -1.88. The van der Waals surface area contributed by atoms with Crippen LogP contribution in [0.1, 0.15) is 27.7 Å². The molecule has 0 aromatic heterocycles. The summed E-state index contributed by atoms with van der Waals surface area (Å²) in [6.45, 7) is 7.19. The fraction of sp³-hybridized carbons (Fsp3) is 1.00. The van der Waals surface area contributed by atoms with E-state index in [4.69, 9.17) is 34.8 Å². The highest BCUT2D eigenvalue weighted by Crippen LogP contribution is 2.44. The van der Waals surface area contributed by atoms with Crippen LogP contribution in [-0.2, 0) is 0 Å². The van der Waals surface area contributed by atoms with E-state index in [-0.39, 0.29) is 5.92 Å². The first-order valence-electron chi connectivity index (χ1n) is 4.21. The molecular weight excluding hydrogens is 248 g/mol. The highest BCUT2D eigenvalue weighted by Gasteiger charge is 2.54. The summed E-state index contributed by atoms with van der Waals surface area (Å²) in [4.78, 5) is 10.3. The van der Waals surface area contributed by atoms with Gasteiger partial charge in [0.25, 0.3) is 9.83 Å². The molecular formula is C8H14Cl3NO2. The first-order valence-corrected chi connectivity index (χ1v) is 5.34. The molecule has 14 heavy (non-hydrogen) atoms. The Morgan fingerprint density at radius 2 is 1.57 bits per heavy atom. The summed E-state index contributed by atoms with van der Waals surface area (Å²) in [5.74, 6) is 0.0496. The Bertz CT molecular complexity index is 223. The summed E-state index contributed by atoms with van der Waals surface area (Å²) >= 11 is 16.8. The van der Waals surface area contributed by atoms with Gasteiger partial charge in [-0.15, -0.1) is 0 Å². The smallest absolute Gasteiger partial charge is 0.264 e. The molecule has 0 amide bonds. The number of halogens is 3. The van der Waals surface area contributed by atoms with Gasteiger partial charge in [0.2, 0.25) is 0 Å². The first-order chi connectivity index (χ1) is 6.01. The third-order valence-electron chi connectivity index (χ3n) is 2.71. The quantitative estimate of drug-likeness (QED) is 0.442. The van der Waals surface area contributed by atoms with Crippen LogP contribution in [-0.4, -0.2) is 14.8 Å². The number of nitro groups is 1. The maximum absolute atomic E-state index is 10.8. The summed E-state index contributed by atoms with van der Waals surface area (Å²) in [7, 11) is 0. The van der Waals surface area contributed by atoms with Crippen LogP contribution in [0.5, 0.6) is 0 Å². The fourth-order valence-electron chi connectivity index (χ4n) is 1.13. The highest BCUT2D eigenvalue weighted by atomic mass is 35.6. The van der Waals surface area contributed by atoms with Crippen molar-refractivity contribution in [2.75, 3.05) is 0 Å². The standard InChI is InChI=1S/C8H14Cl3NO2/c1-5(2)7(3,4)6(12(13)14)8(9,10)11/h5-6H,1-4H3. The van der Waals surface area contributed by atoms with E-state index >= 15 is 0 Å². The zero-order chi connectivity index (χ0) is 11.7. The Morgan fingerprint density at radius 3 is 1.64 bits per heavy atom. The van der Waals surface area contributed by atoms with Crippen molar-refractivity contribution in [3.05, 3.63) is 10.1 Å². The third kappa shape index (κ3) is 3.14. The second-order valence-electron chi connectivity index (χ2n) is 4.21. The number of hydrogen-bond acceptors (Lipinski definition) is 2. The lowest BCUT2D eigenvalue weighted by Crippen LogP contribution is -2.48. The zero-order valence-corrected chi connectivity index (χ0v) is 10.8. The molecule has 0 saturated heterocycles. The average molecular weight is 263 g/mol. The normalized spacial score (nSPS) is 15.7. The van der Waals surface area contributed by atoms with Gasteiger partial charge in [0.15, 0.2) is 0 Å². The summed E-state index contributed by atoms with van der Waals surface area (Å²) < 4.78 is -1.88. The van der Waals surface area contributed by atoms with Gasteiger partial charge in [-0.05, 0) is 5.92 Å². The third-order valence-corrected chi connectivity index (χ3v) is 3.33. The predicted octanol–water partition coefficient (Wildman–Crippen LogP) is 3.68. The van der Waals surface area contributed by atoms with Gasteiger partial charge in [-0.2, -0.15) is 0 Å². The molecule has 1 unspecified atom stereocenters. The topological polar surface area (TPSA) is 43.1 Å². The second kappa shape index (κ2) is 4.42. The first kappa shape index (κ1) is 14.3. The van der Waals surface area contributed by atoms with Crippen molar-refractivity contribution in [2.24, 2.45) is 11.3 Å². The molecule has 0 aromatic rings. The summed E-state index contributed by atoms with van der Waals surface area (Å²) in [5.41, 5.74) is -0.672. The molecule has 1 atom stereocenters. The Hall–Kier alpha value is 0.270. The molecule has 6 heteroatoms. The number of rotatable bonds is 3. The lowest BCUT2D eigenvalue weighted by atomic mass is 9.75. The Labute approximate surface area is 98.9 Å². The molecule has 0 spiro atoms. The molecule has 0 aliphatic carbocycles. The van der Waals surface area contributed by atoms with E-state index in [2.05, 4.69) is 0 Å². The molecule has 0 saturated carbocycles. The summed E-state index contributed by atoms with van der Waals surface area (Å²) in [6, 6.07) is -1.21. The lowest BCUT2D eigenvalue weighted by molar-refractivity contribution is -0.542. The fourth-order valence-corrected chi connectivity index (χ4v) is 2.21. The number of nitrogens with zero attached hydrogens (tertiary/aromatic N) is 1. The van der Waals surface area contributed by atoms with Crippen LogP contribution in [0.15, 0.2) is 0 Å². The molecule has 0 rings (SSSR count). The molecule has 3 nitrogen and oxygen atoms in total. The van der Waals surface area contributed by atoms with E-state index in [9.17, 15) is 10.1 Å². The molecule has 0 aromatic carbocycles. The minimum absolute atomic E-state index is 0.0496. The van der Waals surface area contributed by atoms with E-state index in [1.807, 2.05) is 13.8 Å². The van der Waals surface area contributed by atoms with Crippen molar-refractivity contribution in [1.29, 1.82) is 0 Å². The van der Waals surface area contributed by atoms with Crippen LogP contribution in [0.4, 0.5) is 0 Å². The SMILES string of the molecule is CC(C)C(C)(C)C([N+](=O)[O-])C(Cl)(Cl)Cl. The summed E-state index contributed by atoms with van der Waals surface area (Å²) in [6.07, 6.45) is 0. The van der Waals surface area contributed by atoms with Gasteiger partial charge in [0.05, 0.1) is 0 Å². The van der Waals surface area contributed by atoms with Gasteiger partial charge in [-0.25, -0.2) is 0 Å². The van der Waals surface area contributed by atoms with Gasteiger partial charge < -0.3 is 0 Å². The van der Waals surface area contributed by atoms with Crippen LogP contribution < -0.4 is 0 Å². The van der Waals surface area contributed by atoms with Gasteiger partial charge in [0.1, 0.15) is 0 Å². The monoisotopic (exact) mass is 261 g/mol. The van der Waals surface area contributed by atoms with Crippen molar-refractivity contribution in [1.82, 2.24) is 0 Å². The second-order valence-corrected chi connectivity index (χ2v) is 6.57. The summed E-state index contributed by atoms with van der Waals surface area (Å²) in [5, 5.41) is 10.8. The Balaban J connectivity index is 5.13. The molecule has 84 valence electrons. The molecule has 0 aliphatic heterocycles. The Kier molecular flexibility index (Phi) is 4.50. The molecule has 0 heterocycles. The predicted molar refractivity (Wildman–Crippen MR) is 59.7 cm³/mol. The van der Waals surface area contributed by atoms with Crippen LogP contribution in [0.2, 0.25) is 0 Å². The molecule has 0 fully saturated rings.